The second-order valence-electron chi connectivity index (χ2n) is 7.03. The van der Waals surface area contributed by atoms with Crippen LogP contribution in [0.2, 0.25) is 0 Å². The van der Waals surface area contributed by atoms with Gasteiger partial charge in [-0.2, -0.15) is 0 Å². The van der Waals surface area contributed by atoms with E-state index in [0.717, 1.165) is 6.07 Å². The molecule has 0 aliphatic heterocycles. The zero-order chi connectivity index (χ0) is 21.3. The van der Waals surface area contributed by atoms with Gasteiger partial charge in [-0.15, -0.1) is 0 Å². The maximum atomic E-state index is 14.3. The summed E-state index contributed by atoms with van der Waals surface area (Å²) in [6, 6.07) is 8.68. The second-order valence-corrected chi connectivity index (χ2v) is 7.03. The number of aromatic nitrogens is 2. The van der Waals surface area contributed by atoms with Gasteiger partial charge in [-0.1, -0.05) is 30.3 Å². The highest BCUT2D eigenvalue weighted by molar-refractivity contribution is 5.96. The quantitative estimate of drug-likeness (QED) is 0.703. The molecule has 2 N–H and O–H groups in total. The Morgan fingerprint density at radius 2 is 1.90 bits per heavy atom. The van der Waals surface area contributed by atoms with Crippen molar-refractivity contribution < 1.29 is 18.4 Å². The maximum absolute atomic E-state index is 14.3. The van der Waals surface area contributed by atoms with Gasteiger partial charge in [0.2, 0.25) is 5.91 Å². The van der Waals surface area contributed by atoms with Gasteiger partial charge in [-0.3, -0.25) is 14.6 Å². The number of amides is 2. The first kappa shape index (κ1) is 19.6. The van der Waals surface area contributed by atoms with Crippen molar-refractivity contribution in [2.45, 2.75) is 24.9 Å². The van der Waals surface area contributed by atoms with Crippen molar-refractivity contribution >= 4 is 11.8 Å². The molecule has 1 heterocycles. The molecule has 30 heavy (non-hydrogen) atoms. The monoisotopic (exact) mass is 408 g/mol. The molecule has 1 aliphatic rings. The Kier molecular flexibility index (Phi) is 5.22. The van der Waals surface area contributed by atoms with Crippen LogP contribution in [0.5, 0.6) is 0 Å². The minimum Gasteiger partial charge on any atom is -0.368 e. The Morgan fingerprint density at radius 1 is 1.13 bits per heavy atom. The number of rotatable bonds is 5. The zero-order valence-corrected chi connectivity index (χ0v) is 15.8. The van der Waals surface area contributed by atoms with Crippen molar-refractivity contribution in [3.63, 3.8) is 0 Å². The molecule has 1 aromatic heterocycles. The molecule has 0 saturated heterocycles. The minimum absolute atomic E-state index is 0.00464. The summed E-state index contributed by atoms with van der Waals surface area (Å²) in [6.07, 6.45) is 4.67. The molecule has 2 aromatic carbocycles. The van der Waals surface area contributed by atoms with E-state index in [0.29, 0.717) is 29.5 Å². The number of nitrogens with two attached hydrogens (primary N) is 1. The van der Waals surface area contributed by atoms with Crippen molar-refractivity contribution in [2.75, 3.05) is 0 Å². The number of carbonyl (C=O) groups excluding carboxylic acids is 2. The highest BCUT2D eigenvalue weighted by Crippen LogP contribution is 2.42. The van der Waals surface area contributed by atoms with Crippen molar-refractivity contribution in [3.8, 4) is 0 Å². The van der Waals surface area contributed by atoms with Gasteiger partial charge in [0.15, 0.2) is 0 Å². The fourth-order valence-electron chi connectivity index (χ4n) is 3.99. The third-order valence-corrected chi connectivity index (χ3v) is 5.24. The van der Waals surface area contributed by atoms with E-state index < -0.39 is 35.5 Å². The van der Waals surface area contributed by atoms with E-state index in [9.17, 15) is 18.4 Å². The lowest BCUT2D eigenvalue weighted by Gasteiger charge is -2.35. The second kappa shape index (κ2) is 7.98. The lowest BCUT2D eigenvalue weighted by molar-refractivity contribution is -0.123. The SMILES string of the molecule is NC(=O)[C@@H](c1ccccc1)N(C(=O)c1cnccn1)[C@@H]1CCc2c(F)cc(F)cc21. The van der Waals surface area contributed by atoms with Crippen LogP contribution in [-0.2, 0) is 11.2 Å². The number of hydrogen-bond donors (Lipinski definition) is 1. The van der Waals surface area contributed by atoms with Crippen LogP contribution in [0.3, 0.4) is 0 Å². The number of carbonyl (C=O) groups is 2. The molecule has 0 unspecified atom stereocenters. The normalized spacial score (nSPS) is 16.0. The number of hydrogen-bond acceptors (Lipinski definition) is 4. The summed E-state index contributed by atoms with van der Waals surface area (Å²) in [4.78, 5) is 35.2. The fraction of sp³-hybridized carbons (Fsp3) is 0.182. The molecule has 0 spiro atoms. The molecule has 0 saturated carbocycles. The molecule has 0 bridgehead atoms. The number of nitrogens with zero attached hydrogens (tertiary/aromatic N) is 3. The smallest absolute Gasteiger partial charge is 0.275 e. The van der Waals surface area contributed by atoms with Crippen LogP contribution >= 0.6 is 0 Å². The van der Waals surface area contributed by atoms with E-state index in [4.69, 9.17) is 5.73 Å². The van der Waals surface area contributed by atoms with Crippen molar-refractivity contribution in [1.82, 2.24) is 14.9 Å². The summed E-state index contributed by atoms with van der Waals surface area (Å²) < 4.78 is 28.3. The van der Waals surface area contributed by atoms with Crippen LogP contribution in [0.4, 0.5) is 8.78 Å². The van der Waals surface area contributed by atoms with Crippen LogP contribution in [0.25, 0.3) is 0 Å². The van der Waals surface area contributed by atoms with Gasteiger partial charge in [0.05, 0.1) is 12.2 Å². The van der Waals surface area contributed by atoms with E-state index in [1.807, 2.05) is 0 Å². The highest BCUT2D eigenvalue weighted by atomic mass is 19.1. The van der Waals surface area contributed by atoms with E-state index in [1.54, 1.807) is 30.3 Å². The Morgan fingerprint density at radius 3 is 2.57 bits per heavy atom. The first-order chi connectivity index (χ1) is 14.5. The van der Waals surface area contributed by atoms with E-state index in [-0.39, 0.29) is 5.69 Å². The Bertz CT molecular complexity index is 1090. The number of halogens is 2. The van der Waals surface area contributed by atoms with E-state index >= 15 is 0 Å². The molecule has 0 radical (unpaired) electrons. The molecule has 1 aliphatic carbocycles. The van der Waals surface area contributed by atoms with Gasteiger partial charge in [-0.25, -0.2) is 13.8 Å². The minimum atomic E-state index is -1.15. The van der Waals surface area contributed by atoms with Gasteiger partial charge < -0.3 is 10.6 Å². The number of benzene rings is 2. The predicted octanol–water partition coefficient (Wildman–Crippen LogP) is 3.11. The van der Waals surface area contributed by atoms with Gasteiger partial charge in [0.25, 0.3) is 5.91 Å². The fourth-order valence-corrected chi connectivity index (χ4v) is 3.99. The number of fused-ring (bicyclic) bond motifs is 1. The molecular weight excluding hydrogens is 390 g/mol. The predicted molar refractivity (Wildman–Crippen MR) is 104 cm³/mol. The first-order valence-electron chi connectivity index (χ1n) is 9.38. The van der Waals surface area contributed by atoms with Gasteiger partial charge in [0, 0.05) is 18.5 Å². The summed E-state index contributed by atoms with van der Waals surface area (Å²) in [6.45, 7) is 0. The van der Waals surface area contributed by atoms with Crippen molar-refractivity contribution in [3.05, 3.63) is 95.1 Å². The third kappa shape index (κ3) is 3.52. The lowest BCUT2D eigenvalue weighted by Crippen LogP contribution is -2.43. The van der Waals surface area contributed by atoms with E-state index in [1.165, 1.54) is 29.6 Å². The summed E-state index contributed by atoms with van der Waals surface area (Å²) in [7, 11) is 0. The molecule has 2 amide bonds. The Hall–Kier alpha value is -3.68. The average Bonchev–Trinajstić information content (AvgIpc) is 3.16. The van der Waals surface area contributed by atoms with Gasteiger partial charge >= 0.3 is 0 Å². The average molecular weight is 408 g/mol. The van der Waals surface area contributed by atoms with Crippen LogP contribution in [0, 0.1) is 11.6 Å². The largest absolute Gasteiger partial charge is 0.368 e. The van der Waals surface area contributed by atoms with E-state index in [2.05, 4.69) is 9.97 Å². The topological polar surface area (TPSA) is 89.2 Å². The third-order valence-electron chi connectivity index (χ3n) is 5.24. The standard InChI is InChI=1S/C22H18F2N4O2/c23-14-10-16-15(17(24)11-14)6-7-19(16)28(22(30)18-12-26-8-9-27-18)20(21(25)29)13-4-2-1-3-5-13/h1-5,8-12,19-20H,6-7H2,(H2,25,29)/t19-,20-/m1/s1. The Balaban J connectivity index is 1.88. The van der Waals surface area contributed by atoms with Gasteiger partial charge in [-0.05, 0) is 35.6 Å². The zero-order valence-electron chi connectivity index (χ0n) is 15.8. The van der Waals surface area contributed by atoms with Crippen LogP contribution < -0.4 is 5.73 Å². The summed E-state index contributed by atoms with van der Waals surface area (Å²) in [5.41, 5.74) is 6.87. The van der Waals surface area contributed by atoms with Crippen LogP contribution in [0.1, 0.15) is 45.7 Å². The lowest BCUT2D eigenvalue weighted by atomic mass is 9.98. The molecule has 6 nitrogen and oxygen atoms in total. The molecule has 152 valence electrons. The summed E-state index contributed by atoms with van der Waals surface area (Å²) in [5, 5.41) is 0. The summed E-state index contributed by atoms with van der Waals surface area (Å²) in [5.74, 6) is -2.78. The van der Waals surface area contributed by atoms with Crippen LogP contribution in [0.15, 0.2) is 61.1 Å². The molecule has 2 atom stereocenters. The summed E-state index contributed by atoms with van der Waals surface area (Å²) >= 11 is 0. The first-order valence-corrected chi connectivity index (χ1v) is 9.38. The molecule has 8 heteroatoms. The van der Waals surface area contributed by atoms with Crippen molar-refractivity contribution in [2.24, 2.45) is 5.73 Å². The molecule has 4 rings (SSSR count). The Labute approximate surface area is 171 Å². The van der Waals surface area contributed by atoms with Gasteiger partial charge in [0.1, 0.15) is 23.4 Å². The molecule has 0 fully saturated rings. The molecular formula is C22H18F2N4O2. The van der Waals surface area contributed by atoms with Crippen molar-refractivity contribution in [1.29, 1.82) is 0 Å². The number of primary amides is 1. The highest BCUT2D eigenvalue weighted by Gasteiger charge is 2.40. The van der Waals surface area contributed by atoms with Crippen LogP contribution in [-0.4, -0.2) is 26.7 Å². The molecule has 3 aromatic rings. The maximum Gasteiger partial charge on any atom is 0.275 e.